The van der Waals surface area contributed by atoms with Crippen molar-refractivity contribution in [3.8, 4) is 17.2 Å². The second-order valence-corrected chi connectivity index (χ2v) is 5.29. The first kappa shape index (κ1) is 19.4. The van der Waals surface area contributed by atoms with Crippen LogP contribution in [0.25, 0.3) is 0 Å². The number of rotatable bonds is 6. The highest BCUT2D eigenvalue weighted by Gasteiger charge is 2.21. The Morgan fingerprint density at radius 1 is 1.22 bits per heavy atom. The molecule has 1 atom stereocenters. The molecule has 1 amide bonds. The van der Waals surface area contributed by atoms with E-state index in [1.165, 1.54) is 0 Å². The highest BCUT2D eigenvalue weighted by atomic mass is 35.5. The van der Waals surface area contributed by atoms with Crippen LogP contribution < -0.4 is 24.8 Å². The van der Waals surface area contributed by atoms with Gasteiger partial charge in [0.2, 0.25) is 11.7 Å². The number of halogens is 1. The van der Waals surface area contributed by atoms with Crippen molar-refractivity contribution in [3.63, 3.8) is 0 Å². The molecule has 0 saturated carbocycles. The highest BCUT2D eigenvalue weighted by Crippen LogP contribution is 2.38. The van der Waals surface area contributed by atoms with Crippen LogP contribution in [0, 0.1) is 5.92 Å². The van der Waals surface area contributed by atoms with Crippen LogP contribution in [0.5, 0.6) is 17.2 Å². The second kappa shape index (κ2) is 9.47. The molecule has 0 spiro atoms. The number of carbonyl (C=O) groups is 1. The molecule has 0 radical (unpaired) electrons. The van der Waals surface area contributed by atoms with Gasteiger partial charge in [0.25, 0.3) is 0 Å². The maximum atomic E-state index is 12.2. The van der Waals surface area contributed by atoms with E-state index in [9.17, 15) is 4.79 Å². The molecule has 23 heavy (non-hydrogen) atoms. The van der Waals surface area contributed by atoms with Crippen molar-refractivity contribution in [2.24, 2.45) is 5.92 Å². The Bertz CT molecular complexity index is 494. The molecule has 6 nitrogen and oxygen atoms in total. The maximum absolute atomic E-state index is 12.2. The van der Waals surface area contributed by atoms with Crippen molar-refractivity contribution in [2.45, 2.75) is 19.4 Å². The Hall–Kier alpha value is -1.66. The SMILES string of the molecule is COc1cc(CNC(=O)[C@@H]2CCCNC2)cc(OC)c1OC.Cl. The predicted octanol–water partition coefficient (Wildman–Crippen LogP) is 1.75. The van der Waals surface area contributed by atoms with Gasteiger partial charge in [-0.05, 0) is 37.1 Å². The summed E-state index contributed by atoms with van der Waals surface area (Å²) in [5.74, 6) is 1.86. The Balaban J connectivity index is 0.00000264. The molecule has 0 aliphatic carbocycles. The summed E-state index contributed by atoms with van der Waals surface area (Å²) in [7, 11) is 4.72. The quantitative estimate of drug-likeness (QED) is 0.823. The summed E-state index contributed by atoms with van der Waals surface area (Å²) < 4.78 is 15.9. The predicted molar refractivity (Wildman–Crippen MR) is 90.8 cm³/mol. The van der Waals surface area contributed by atoms with Crippen LogP contribution in [0.4, 0.5) is 0 Å². The van der Waals surface area contributed by atoms with Crippen LogP contribution in [-0.2, 0) is 11.3 Å². The lowest BCUT2D eigenvalue weighted by molar-refractivity contribution is -0.125. The van der Waals surface area contributed by atoms with Crippen molar-refractivity contribution in [2.75, 3.05) is 34.4 Å². The van der Waals surface area contributed by atoms with Gasteiger partial charge >= 0.3 is 0 Å². The van der Waals surface area contributed by atoms with Crippen LogP contribution in [0.15, 0.2) is 12.1 Å². The van der Waals surface area contributed by atoms with E-state index in [0.717, 1.165) is 31.5 Å². The van der Waals surface area contributed by atoms with Gasteiger partial charge in [-0.15, -0.1) is 12.4 Å². The van der Waals surface area contributed by atoms with E-state index >= 15 is 0 Å². The van der Waals surface area contributed by atoms with E-state index < -0.39 is 0 Å². The van der Waals surface area contributed by atoms with Gasteiger partial charge in [-0.25, -0.2) is 0 Å². The lowest BCUT2D eigenvalue weighted by Gasteiger charge is -2.22. The molecule has 2 N–H and O–H groups in total. The lowest BCUT2D eigenvalue weighted by atomic mass is 9.99. The maximum Gasteiger partial charge on any atom is 0.224 e. The average molecular weight is 345 g/mol. The molecule has 1 aromatic rings. The molecule has 2 rings (SSSR count). The Labute approximate surface area is 143 Å². The van der Waals surface area contributed by atoms with Gasteiger partial charge in [-0.3, -0.25) is 4.79 Å². The normalized spacial score (nSPS) is 16.9. The van der Waals surface area contributed by atoms with E-state index in [4.69, 9.17) is 14.2 Å². The topological polar surface area (TPSA) is 68.8 Å². The summed E-state index contributed by atoms with van der Waals surface area (Å²) in [4.78, 5) is 12.2. The molecule has 0 unspecified atom stereocenters. The van der Waals surface area contributed by atoms with E-state index in [1.807, 2.05) is 12.1 Å². The molecule has 1 saturated heterocycles. The smallest absolute Gasteiger partial charge is 0.224 e. The third-order valence-electron chi connectivity index (χ3n) is 3.86. The average Bonchev–Trinajstić information content (AvgIpc) is 2.59. The Kier molecular flexibility index (Phi) is 7.98. The van der Waals surface area contributed by atoms with Crippen molar-refractivity contribution in [3.05, 3.63) is 17.7 Å². The fourth-order valence-corrected chi connectivity index (χ4v) is 2.65. The third kappa shape index (κ3) is 4.91. The molecular weight excluding hydrogens is 320 g/mol. The molecule has 130 valence electrons. The molecule has 1 heterocycles. The number of amides is 1. The largest absolute Gasteiger partial charge is 0.493 e. The molecule has 1 aliphatic rings. The highest BCUT2D eigenvalue weighted by molar-refractivity contribution is 5.85. The number of hydrogen-bond acceptors (Lipinski definition) is 5. The molecule has 0 aromatic heterocycles. The van der Waals surface area contributed by atoms with Crippen LogP contribution in [0.1, 0.15) is 18.4 Å². The zero-order valence-electron chi connectivity index (χ0n) is 13.8. The Morgan fingerprint density at radius 3 is 2.35 bits per heavy atom. The third-order valence-corrected chi connectivity index (χ3v) is 3.86. The van der Waals surface area contributed by atoms with Gasteiger partial charge < -0.3 is 24.8 Å². The number of benzene rings is 1. The van der Waals surface area contributed by atoms with E-state index in [1.54, 1.807) is 21.3 Å². The summed E-state index contributed by atoms with van der Waals surface area (Å²) in [6.45, 7) is 2.18. The van der Waals surface area contributed by atoms with Crippen molar-refractivity contribution in [1.82, 2.24) is 10.6 Å². The molecule has 1 aliphatic heterocycles. The van der Waals surface area contributed by atoms with Gasteiger partial charge in [0.15, 0.2) is 11.5 Å². The number of methoxy groups -OCH3 is 3. The van der Waals surface area contributed by atoms with Crippen LogP contribution in [-0.4, -0.2) is 40.3 Å². The fraction of sp³-hybridized carbons (Fsp3) is 0.562. The first-order valence-corrected chi connectivity index (χ1v) is 7.47. The van der Waals surface area contributed by atoms with E-state index in [2.05, 4.69) is 10.6 Å². The van der Waals surface area contributed by atoms with Crippen LogP contribution in [0.3, 0.4) is 0 Å². The summed E-state index contributed by atoms with van der Waals surface area (Å²) in [5.41, 5.74) is 0.909. The molecule has 0 bridgehead atoms. The number of piperidine rings is 1. The van der Waals surface area contributed by atoms with Crippen molar-refractivity contribution < 1.29 is 19.0 Å². The standard InChI is InChI=1S/C16H24N2O4.ClH/c1-20-13-7-11(8-14(21-2)15(13)22-3)9-18-16(19)12-5-4-6-17-10-12;/h7-8,12,17H,4-6,9-10H2,1-3H3,(H,18,19);1H/t12-;/m1./s1. The summed E-state index contributed by atoms with van der Waals surface area (Å²) in [5, 5.41) is 6.23. The minimum absolute atomic E-state index is 0. The number of nitrogens with one attached hydrogen (secondary N) is 2. The summed E-state index contributed by atoms with van der Waals surface area (Å²) >= 11 is 0. The monoisotopic (exact) mass is 344 g/mol. The molecular formula is C16H25ClN2O4. The fourth-order valence-electron chi connectivity index (χ4n) is 2.65. The van der Waals surface area contributed by atoms with E-state index in [0.29, 0.717) is 23.8 Å². The van der Waals surface area contributed by atoms with Gasteiger partial charge in [-0.2, -0.15) is 0 Å². The first-order valence-electron chi connectivity index (χ1n) is 7.47. The summed E-state index contributed by atoms with van der Waals surface area (Å²) in [6.07, 6.45) is 1.98. The number of ether oxygens (including phenoxy) is 3. The zero-order chi connectivity index (χ0) is 15.9. The van der Waals surface area contributed by atoms with Gasteiger partial charge in [-0.1, -0.05) is 0 Å². The number of carbonyl (C=O) groups excluding carboxylic acids is 1. The second-order valence-electron chi connectivity index (χ2n) is 5.29. The van der Waals surface area contributed by atoms with Crippen molar-refractivity contribution >= 4 is 18.3 Å². The van der Waals surface area contributed by atoms with Gasteiger partial charge in [0.05, 0.1) is 27.2 Å². The minimum atomic E-state index is 0. The first-order chi connectivity index (χ1) is 10.7. The van der Waals surface area contributed by atoms with Crippen LogP contribution in [0.2, 0.25) is 0 Å². The van der Waals surface area contributed by atoms with Crippen molar-refractivity contribution in [1.29, 1.82) is 0 Å². The Morgan fingerprint density at radius 2 is 1.87 bits per heavy atom. The minimum Gasteiger partial charge on any atom is -0.493 e. The molecule has 7 heteroatoms. The molecule has 1 fully saturated rings. The number of hydrogen-bond donors (Lipinski definition) is 2. The van der Waals surface area contributed by atoms with Gasteiger partial charge in [0, 0.05) is 13.1 Å². The zero-order valence-corrected chi connectivity index (χ0v) is 14.6. The molecule has 1 aromatic carbocycles. The van der Waals surface area contributed by atoms with Crippen LogP contribution >= 0.6 is 12.4 Å². The van der Waals surface area contributed by atoms with E-state index in [-0.39, 0.29) is 24.2 Å². The summed E-state index contributed by atoms with van der Waals surface area (Å²) in [6, 6.07) is 3.70. The van der Waals surface area contributed by atoms with Gasteiger partial charge in [0.1, 0.15) is 0 Å². The lowest BCUT2D eigenvalue weighted by Crippen LogP contribution is -2.40.